The van der Waals surface area contributed by atoms with Crippen molar-refractivity contribution in [3.8, 4) is 0 Å². The highest BCUT2D eigenvalue weighted by Gasteiger charge is 2.24. The molecule has 1 aromatic carbocycles. The molecular weight excluding hydrogens is 312 g/mol. The molecule has 0 aliphatic heterocycles. The second-order valence-corrected chi connectivity index (χ2v) is 8.07. The number of rotatable bonds is 5. The van der Waals surface area contributed by atoms with E-state index in [0.29, 0.717) is 0 Å². The van der Waals surface area contributed by atoms with Crippen LogP contribution in [0.5, 0.6) is 0 Å². The van der Waals surface area contributed by atoms with Crippen molar-refractivity contribution in [3.63, 3.8) is 0 Å². The molecule has 23 heavy (non-hydrogen) atoms. The predicted octanol–water partition coefficient (Wildman–Crippen LogP) is 2.50. The lowest BCUT2D eigenvalue weighted by Gasteiger charge is -2.20. The van der Waals surface area contributed by atoms with Crippen LogP contribution in [0.1, 0.15) is 51.0 Å². The maximum absolute atomic E-state index is 12.3. The first-order valence-corrected chi connectivity index (χ1v) is 9.76. The summed E-state index contributed by atoms with van der Waals surface area (Å²) in [4.78, 5) is 12.4. The summed E-state index contributed by atoms with van der Waals surface area (Å²) in [6.07, 6.45) is 6.61. The number of carbonyl (C=O) groups is 1. The first-order valence-electron chi connectivity index (χ1n) is 8.28. The number of hydrogen-bond donors (Lipinski definition) is 2. The maximum atomic E-state index is 12.3. The number of sulfonamides is 1. The van der Waals surface area contributed by atoms with Crippen molar-refractivity contribution in [2.45, 2.75) is 69.4 Å². The van der Waals surface area contributed by atoms with Crippen LogP contribution in [0.4, 0.5) is 0 Å². The molecule has 1 fully saturated rings. The number of nitrogens with one attached hydrogen (secondary N) is 2. The monoisotopic (exact) mass is 338 g/mol. The topological polar surface area (TPSA) is 75.3 Å². The van der Waals surface area contributed by atoms with E-state index in [0.717, 1.165) is 31.2 Å². The van der Waals surface area contributed by atoms with E-state index in [1.807, 2.05) is 6.92 Å². The summed E-state index contributed by atoms with van der Waals surface area (Å²) in [5, 5.41) is 2.98. The van der Waals surface area contributed by atoms with Crippen molar-refractivity contribution in [3.05, 3.63) is 29.8 Å². The molecule has 2 N–H and O–H groups in total. The molecule has 6 heteroatoms. The second kappa shape index (κ2) is 7.93. The normalized spacial score (nSPS) is 18.2. The van der Waals surface area contributed by atoms with Crippen LogP contribution in [0, 0.1) is 6.92 Å². The summed E-state index contributed by atoms with van der Waals surface area (Å²) >= 11 is 0. The molecule has 1 saturated carbocycles. The molecule has 0 aromatic heterocycles. The number of carbonyl (C=O) groups excluding carboxylic acids is 1. The molecule has 5 nitrogen and oxygen atoms in total. The Morgan fingerprint density at radius 3 is 2.22 bits per heavy atom. The van der Waals surface area contributed by atoms with E-state index in [2.05, 4.69) is 10.0 Å². The van der Waals surface area contributed by atoms with Gasteiger partial charge in [-0.15, -0.1) is 0 Å². The van der Waals surface area contributed by atoms with E-state index >= 15 is 0 Å². The summed E-state index contributed by atoms with van der Waals surface area (Å²) in [5.41, 5.74) is 0.989. The minimum Gasteiger partial charge on any atom is -0.352 e. The number of hydrogen-bond acceptors (Lipinski definition) is 3. The quantitative estimate of drug-likeness (QED) is 0.810. The Kier molecular flexibility index (Phi) is 6.18. The van der Waals surface area contributed by atoms with E-state index in [-0.39, 0.29) is 16.8 Å². The lowest BCUT2D eigenvalue weighted by atomic mass is 10.1. The third-order valence-corrected chi connectivity index (χ3v) is 5.81. The summed E-state index contributed by atoms with van der Waals surface area (Å²) < 4.78 is 27.1. The Balaban J connectivity index is 1.95. The summed E-state index contributed by atoms with van der Waals surface area (Å²) in [5.74, 6) is -0.257. The van der Waals surface area contributed by atoms with Gasteiger partial charge in [-0.2, -0.15) is 4.72 Å². The van der Waals surface area contributed by atoms with Gasteiger partial charge in [0.25, 0.3) is 0 Å². The molecule has 1 aliphatic carbocycles. The van der Waals surface area contributed by atoms with Gasteiger partial charge < -0.3 is 5.32 Å². The van der Waals surface area contributed by atoms with Crippen LogP contribution in [-0.2, 0) is 14.8 Å². The fourth-order valence-corrected chi connectivity index (χ4v) is 4.02. The molecule has 1 aromatic rings. The van der Waals surface area contributed by atoms with Gasteiger partial charge in [0.05, 0.1) is 10.9 Å². The van der Waals surface area contributed by atoms with Gasteiger partial charge in [0, 0.05) is 6.04 Å². The van der Waals surface area contributed by atoms with E-state index in [9.17, 15) is 13.2 Å². The smallest absolute Gasteiger partial charge is 0.241 e. The Morgan fingerprint density at radius 1 is 1.09 bits per heavy atom. The van der Waals surface area contributed by atoms with Crippen LogP contribution >= 0.6 is 0 Å². The van der Waals surface area contributed by atoms with Crippen LogP contribution in [0.15, 0.2) is 29.2 Å². The van der Waals surface area contributed by atoms with Gasteiger partial charge in [0.15, 0.2) is 0 Å². The Bertz CT molecular complexity index is 618. The zero-order valence-corrected chi connectivity index (χ0v) is 14.7. The zero-order valence-electron chi connectivity index (χ0n) is 13.8. The lowest BCUT2D eigenvalue weighted by molar-refractivity contribution is -0.123. The van der Waals surface area contributed by atoms with Gasteiger partial charge in [-0.1, -0.05) is 43.4 Å². The molecule has 0 bridgehead atoms. The van der Waals surface area contributed by atoms with Gasteiger partial charge in [-0.05, 0) is 38.8 Å². The molecule has 2 rings (SSSR count). The lowest BCUT2D eigenvalue weighted by Crippen LogP contribution is -2.47. The molecule has 128 valence electrons. The minimum atomic E-state index is -3.68. The fraction of sp³-hybridized carbons (Fsp3) is 0.588. The highest BCUT2D eigenvalue weighted by molar-refractivity contribution is 7.89. The molecule has 1 aliphatic rings. The third-order valence-electron chi connectivity index (χ3n) is 4.26. The highest BCUT2D eigenvalue weighted by Crippen LogP contribution is 2.17. The first kappa shape index (κ1) is 17.9. The predicted molar refractivity (Wildman–Crippen MR) is 90.6 cm³/mol. The van der Waals surface area contributed by atoms with Crippen molar-refractivity contribution in [2.24, 2.45) is 0 Å². The highest BCUT2D eigenvalue weighted by atomic mass is 32.2. The fourth-order valence-electron chi connectivity index (χ4n) is 2.82. The van der Waals surface area contributed by atoms with E-state index in [1.54, 1.807) is 31.2 Å². The molecule has 0 heterocycles. The van der Waals surface area contributed by atoms with Gasteiger partial charge in [-0.3, -0.25) is 4.79 Å². The Labute approximate surface area is 138 Å². The first-order chi connectivity index (χ1) is 10.9. The van der Waals surface area contributed by atoms with E-state index in [1.165, 1.54) is 12.8 Å². The van der Waals surface area contributed by atoms with Gasteiger partial charge in [0.1, 0.15) is 0 Å². The standard InChI is InChI=1S/C17H26N2O3S/c1-13-9-11-16(12-10-13)23(21,22)19-14(2)17(20)18-15-7-5-3-4-6-8-15/h9-12,14-15,19H,3-8H2,1-2H3,(H,18,20)/t14-/m0/s1. The van der Waals surface area contributed by atoms with Crippen LogP contribution in [-0.4, -0.2) is 26.4 Å². The molecule has 0 spiro atoms. The van der Waals surface area contributed by atoms with Crippen molar-refractivity contribution in [1.82, 2.24) is 10.0 Å². The maximum Gasteiger partial charge on any atom is 0.241 e. The van der Waals surface area contributed by atoms with Gasteiger partial charge in [0.2, 0.25) is 15.9 Å². The molecule has 0 saturated heterocycles. The van der Waals surface area contributed by atoms with Gasteiger partial charge in [-0.25, -0.2) is 8.42 Å². The Morgan fingerprint density at radius 2 is 1.65 bits per heavy atom. The molecule has 1 amide bonds. The number of aryl methyl sites for hydroxylation is 1. The van der Waals surface area contributed by atoms with Crippen LogP contribution in [0.2, 0.25) is 0 Å². The van der Waals surface area contributed by atoms with Crippen LogP contribution in [0.3, 0.4) is 0 Å². The van der Waals surface area contributed by atoms with Crippen LogP contribution < -0.4 is 10.0 Å². The van der Waals surface area contributed by atoms with Gasteiger partial charge >= 0.3 is 0 Å². The average Bonchev–Trinajstić information content (AvgIpc) is 2.76. The van der Waals surface area contributed by atoms with Crippen molar-refractivity contribution < 1.29 is 13.2 Å². The number of amides is 1. The van der Waals surface area contributed by atoms with E-state index in [4.69, 9.17) is 0 Å². The third kappa shape index (κ3) is 5.32. The zero-order chi connectivity index (χ0) is 16.9. The van der Waals surface area contributed by atoms with Crippen molar-refractivity contribution in [1.29, 1.82) is 0 Å². The van der Waals surface area contributed by atoms with Crippen LogP contribution in [0.25, 0.3) is 0 Å². The summed E-state index contributed by atoms with van der Waals surface area (Å²) in [7, 11) is -3.68. The Hall–Kier alpha value is -1.40. The van der Waals surface area contributed by atoms with E-state index < -0.39 is 16.1 Å². The molecule has 0 radical (unpaired) electrons. The summed E-state index contributed by atoms with van der Waals surface area (Å²) in [6.45, 7) is 3.48. The second-order valence-electron chi connectivity index (χ2n) is 6.35. The molecular formula is C17H26N2O3S. The average molecular weight is 338 g/mol. The summed E-state index contributed by atoms with van der Waals surface area (Å²) in [6, 6.07) is 5.96. The largest absolute Gasteiger partial charge is 0.352 e. The SMILES string of the molecule is Cc1ccc(S(=O)(=O)N[C@@H](C)C(=O)NC2CCCCCC2)cc1. The minimum absolute atomic E-state index is 0.163. The van der Waals surface area contributed by atoms with Crippen molar-refractivity contribution >= 4 is 15.9 Å². The van der Waals surface area contributed by atoms with Crippen molar-refractivity contribution in [2.75, 3.05) is 0 Å². The molecule has 1 atom stereocenters. The number of benzene rings is 1. The molecule has 0 unspecified atom stereocenters.